The Kier molecular flexibility index (Phi) is 2.91. The van der Waals surface area contributed by atoms with Crippen LogP contribution in [-0.4, -0.2) is 17.5 Å². The number of aryl methyl sites for hydroxylation is 1. The van der Waals surface area contributed by atoms with Gasteiger partial charge in [-0.15, -0.1) is 0 Å². The molecule has 2 saturated carbocycles. The first-order chi connectivity index (χ1) is 10.2. The molecule has 0 saturated heterocycles. The number of fused-ring (bicyclic) bond motifs is 2. The van der Waals surface area contributed by atoms with Gasteiger partial charge >= 0.3 is 0 Å². The molecule has 2 fully saturated rings. The average molecular weight is 299 g/mol. The van der Waals surface area contributed by atoms with Crippen LogP contribution in [0.5, 0.6) is 0 Å². The smallest absolute Gasteiger partial charge is 0.239 e. The van der Waals surface area contributed by atoms with Crippen LogP contribution in [-0.2, 0) is 14.4 Å². The highest BCUT2D eigenvalue weighted by atomic mass is 16.2. The van der Waals surface area contributed by atoms with Gasteiger partial charge in [-0.05, 0) is 42.9 Å². The first-order valence-electron chi connectivity index (χ1n) is 7.64. The predicted octanol–water partition coefficient (Wildman–Crippen LogP) is 2.90. The molecular formula is C18H21NO3. The van der Waals surface area contributed by atoms with Gasteiger partial charge in [-0.3, -0.25) is 14.4 Å². The van der Waals surface area contributed by atoms with Crippen LogP contribution in [0.1, 0.15) is 39.2 Å². The Bertz CT molecular complexity index is 706. The summed E-state index contributed by atoms with van der Waals surface area (Å²) in [4.78, 5) is 37.9. The van der Waals surface area contributed by atoms with Crippen LogP contribution < -0.4 is 5.32 Å². The number of ketones is 2. The Hall–Kier alpha value is -1.97. The van der Waals surface area contributed by atoms with Crippen molar-refractivity contribution in [3.63, 3.8) is 0 Å². The summed E-state index contributed by atoms with van der Waals surface area (Å²) >= 11 is 0. The van der Waals surface area contributed by atoms with E-state index in [9.17, 15) is 14.4 Å². The van der Waals surface area contributed by atoms with Gasteiger partial charge in [0, 0.05) is 11.1 Å². The molecule has 2 aliphatic rings. The molecule has 1 aromatic carbocycles. The number of hydrogen-bond acceptors (Lipinski definition) is 3. The predicted molar refractivity (Wildman–Crippen MR) is 83.4 cm³/mol. The molecule has 1 amide bonds. The number of benzene rings is 1. The molecule has 0 aliphatic heterocycles. The van der Waals surface area contributed by atoms with E-state index in [0.717, 1.165) is 5.56 Å². The molecule has 1 aromatic rings. The number of amides is 1. The van der Waals surface area contributed by atoms with Crippen molar-refractivity contribution >= 4 is 23.2 Å². The van der Waals surface area contributed by atoms with E-state index < -0.39 is 22.0 Å². The highest BCUT2D eigenvalue weighted by Gasteiger charge is 2.77. The van der Waals surface area contributed by atoms with E-state index in [4.69, 9.17) is 0 Å². The van der Waals surface area contributed by atoms with Gasteiger partial charge in [-0.2, -0.15) is 0 Å². The Morgan fingerprint density at radius 1 is 1.09 bits per heavy atom. The minimum Gasteiger partial charge on any atom is -0.325 e. The summed E-state index contributed by atoms with van der Waals surface area (Å²) < 4.78 is 0. The van der Waals surface area contributed by atoms with Crippen LogP contribution in [0.15, 0.2) is 24.3 Å². The van der Waals surface area contributed by atoms with Crippen LogP contribution in [0.4, 0.5) is 5.69 Å². The zero-order chi connectivity index (χ0) is 16.3. The highest BCUT2D eigenvalue weighted by Crippen LogP contribution is 2.69. The molecule has 0 aromatic heterocycles. The molecule has 0 spiro atoms. The SMILES string of the molecule is Cc1cccc(NC(=O)[C@]23CC[C@](C)(C(=O)C2=O)C3(C)C)c1. The summed E-state index contributed by atoms with van der Waals surface area (Å²) in [7, 11) is 0. The molecule has 22 heavy (non-hydrogen) atoms. The van der Waals surface area contributed by atoms with E-state index >= 15 is 0 Å². The quantitative estimate of drug-likeness (QED) is 0.674. The third-order valence-corrected chi connectivity index (χ3v) is 6.20. The Morgan fingerprint density at radius 2 is 1.77 bits per heavy atom. The molecule has 2 aliphatic carbocycles. The maximum atomic E-state index is 12.9. The largest absolute Gasteiger partial charge is 0.325 e. The zero-order valence-corrected chi connectivity index (χ0v) is 13.4. The van der Waals surface area contributed by atoms with Crippen molar-refractivity contribution < 1.29 is 14.4 Å². The number of Topliss-reactive ketones (excluding diaryl/α,β-unsaturated/α-hetero) is 2. The molecular weight excluding hydrogens is 278 g/mol. The van der Waals surface area contributed by atoms with Crippen LogP contribution >= 0.6 is 0 Å². The van der Waals surface area contributed by atoms with E-state index in [-0.39, 0.29) is 11.7 Å². The summed E-state index contributed by atoms with van der Waals surface area (Å²) in [6.45, 7) is 7.51. The lowest BCUT2D eigenvalue weighted by atomic mass is 9.64. The van der Waals surface area contributed by atoms with E-state index in [0.29, 0.717) is 18.5 Å². The van der Waals surface area contributed by atoms with Crippen molar-refractivity contribution in [1.29, 1.82) is 0 Å². The highest BCUT2D eigenvalue weighted by molar-refractivity contribution is 6.49. The average Bonchev–Trinajstić information content (AvgIpc) is 2.71. The monoisotopic (exact) mass is 299 g/mol. The maximum Gasteiger partial charge on any atom is 0.239 e. The van der Waals surface area contributed by atoms with Gasteiger partial charge in [-0.25, -0.2) is 0 Å². The molecule has 4 heteroatoms. The van der Waals surface area contributed by atoms with Gasteiger partial charge in [0.25, 0.3) is 0 Å². The van der Waals surface area contributed by atoms with Crippen molar-refractivity contribution in [3.05, 3.63) is 29.8 Å². The fourth-order valence-corrected chi connectivity index (χ4v) is 4.23. The summed E-state index contributed by atoms with van der Waals surface area (Å²) in [6, 6.07) is 7.45. The Morgan fingerprint density at radius 3 is 2.32 bits per heavy atom. The zero-order valence-electron chi connectivity index (χ0n) is 13.4. The summed E-state index contributed by atoms with van der Waals surface area (Å²) in [5, 5.41) is 2.85. The second kappa shape index (κ2) is 4.28. The Labute approximate surface area is 130 Å². The van der Waals surface area contributed by atoms with Crippen LogP contribution in [0.25, 0.3) is 0 Å². The number of rotatable bonds is 2. The normalized spacial score (nSPS) is 32.4. The number of anilines is 1. The molecule has 4 nitrogen and oxygen atoms in total. The second-order valence-corrected chi connectivity index (χ2v) is 7.34. The number of hydrogen-bond donors (Lipinski definition) is 1. The van der Waals surface area contributed by atoms with Crippen molar-refractivity contribution in [2.75, 3.05) is 5.32 Å². The van der Waals surface area contributed by atoms with Gasteiger partial charge in [0.1, 0.15) is 5.41 Å². The third kappa shape index (κ3) is 1.50. The third-order valence-electron chi connectivity index (χ3n) is 6.20. The number of carbonyl (C=O) groups is 3. The van der Waals surface area contributed by atoms with Gasteiger partial charge in [0.2, 0.25) is 17.5 Å². The maximum absolute atomic E-state index is 12.9. The molecule has 0 unspecified atom stereocenters. The van der Waals surface area contributed by atoms with Gasteiger partial charge in [0.15, 0.2) is 0 Å². The topological polar surface area (TPSA) is 63.2 Å². The van der Waals surface area contributed by atoms with Crippen molar-refractivity contribution in [2.24, 2.45) is 16.2 Å². The van der Waals surface area contributed by atoms with E-state index in [1.165, 1.54) is 0 Å². The lowest BCUT2D eigenvalue weighted by Crippen LogP contribution is -2.47. The first kappa shape index (κ1) is 14.9. The summed E-state index contributed by atoms with van der Waals surface area (Å²) in [6.07, 6.45) is 1.03. The molecule has 2 atom stereocenters. The van der Waals surface area contributed by atoms with Gasteiger partial charge < -0.3 is 5.32 Å². The van der Waals surface area contributed by atoms with Crippen molar-refractivity contribution in [3.8, 4) is 0 Å². The summed E-state index contributed by atoms with van der Waals surface area (Å²) in [5.41, 5.74) is -0.936. The Balaban J connectivity index is 2.01. The molecule has 1 N–H and O–H groups in total. The molecule has 116 valence electrons. The molecule has 0 radical (unpaired) electrons. The van der Waals surface area contributed by atoms with E-state index in [1.54, 1.807) is 6.07 Å². The lowest BCUT2D eigenvalue weighted by molar-refractivity contribution is -0.147. The fraction of sp³-hybridized carbons (Fsp3) is 0.500. The fourth-order valence-electron chi connectivity index (χ4n) is 4.23. The van der Waals surface area contributed by atoms with E-state index in [2.05, 4.69) is 5.32 Å². The van der Waals surface area contributed by atoms with Crippen LogP contribution in [0.2, 0.25) is 0 Å². The number of nitrogens with one attached hydrogen (secondary N) is 1. The van der Waals surface area contributed by atoms with E-state index in [1.807, 2.05) is 45.9 Å². The molecule has 2 bridgehead atoms. The van der Waals surface area contributed by atoms with Crippen LogP contribution in [0, 0.1) is 23.2 Å². The first-order valence-corrected chi connectivity index (χ1v) is 7.64. The lowest BCUT2D eigenvalue weighted by Gasteiger charge is -2.37. The standard InChI is InChI=1S/C18H21NO3/c1-11-6-5-7-12(10-11)19-15(22)18-9-8-17(4,16(18,2)3)13(20)14(18)21/h5-7,10H,8-9H2,1-4H3,(H,19,22)/t17-,18+/m1/s1. The van der Waals surface area contributed by atoms with Crippen molar-refractivity contribution in [1.82, 2.24) is 0 Å². The van der Waals surface area contributed by atoms with Gasteiger partial charge in [-0.1, -0.05) is 32.9 Å². The molecule has 0 heterocycles. The summed E-state index contributed by atoms with van der Waals surface area (Å²) in [5.74, 6) is -1.25. The molecule has 3 rings (SSSR count). The number of carbonyl (C=O) groups excluding carboxylic acids is 3. The minimum atomic E-state index is -1.23. The van der Waals surface area contributed by atoms with Crippen molar-refractivity contribution in [2.45, 2.75) is 40.5 Å². The minimum absolute atomic E-state index is 0.345. The second-order valence-electron chi connectivity index (χ2n) is 7.34. The van der Waals surface area contributed by atoms with Crippen LogP contribution in [0.3, 0.4) is 0 Å². The van der Waals surface area contributed by atoms with Gasteiger partial charge in [0.05, 0.1) is 0 Å².